The molecule has 0 saturated carbocycles. The minimum atomic E-state index is -0.350. The van der Waals surface area contributed by atoms with Crippen LogP contribution >= 0.6 is 11.3 Å². The Kier molecular flexibility index (Phi) is 6.42. The van der Waals surface area contributed by atoms with E-state index >= 15 is 0 Å². The van der Waals surface area contributed by atoms with Gasteiger partial charge in [0, 0.05) is 18.7 Å². The predicted molar refractivity (Wildman–Crippen MR) is 115 cm³/mol. The minimum absolute atomic E-state index is 0.152. The van der Waals surface area contributed by atoms with Gasteiger partial charge in [0.15, 0.2) is 5.13 Å². The van der Waals surface area contributed by atoms with Crippen molar-refractivity contribution in [3.63, 3.8) is 0 Å². The van der Waals surface area contributed by atoms with Crippen LogP contribution in [-0.2, 0) is 0 Å². The number of amides is 1. The summed E-state index contributed by atoms with van der Waals surface area (Å²) in [5.74, 6) is -0.502. The fourth-order valence-corrected chi connectivity index (χ4v) is 4.19. The first kappa shape index (κ1) is 20.4. The molecule has 4 nitrogen and oxygen atoms in total. The molecule has 148 valence electrons. The van der Waals surface area contributed by atoms with Crippen LogP contribution in [0, 0.1) is 19.7 Å². The first-order valence-electron chi connectivity index (χ1n) is 9.61. The zero-order chi connectivity index (χ0) is 20.3. The molecule has 0 atom stereocenters. The van der Waals surface area contributed by atoms with E-state index in [1.165, 1.54) is 41.2 Å². The monoisotopic (exact) mass is 399 g/mol. The Morgan fingerprint density at radius 3 is 2.36 bits per heavy atom. The van der Waals surface area contributed by atoms with Crippen LogP contribution < -0.4 is 4.90 Å². The number of nitrogens with zero attached hydrogens (tertiary/aromatic N) is 3. The van der Waals surface area contributed by atoms with Gasteiger partial charge < -0.3 is 4.90 Å². The molecule has 1 aromatic heterocycles. The van der Waals surface area contributed by atoms with Gasteiger partial charge in [-0.2, -0.15) is 0 Å². The average Bonchev–Trinajstić information content (AvgIpc) is 3.13. The number of hydrogen-bond acceptors (Lipinski definition) is 4. The fourth-order valence-electron chi connectivity index (χ4n) is 3.14. The van der Waals surface area contributed by atoms with E-state index in [-0.39, 0.29) is 11.7 Å². The van der Waals surface area contributed by atoms with Gasteiger partial charge in [0.1, 0.15) is 5.82 Å². The van der Waals surface area contributed by atoms with Crippen molar-refractivity contribution in [2.24, 2.45) is 0 Å². The molecule has 0 radical (unpaired) electrons. The molecule has 0 spiro atoms. The van der Waals surface area contributed by atoms with Crippen LogP contribution in [0.1, 0.15) is 35.3 Å². The van der Waals surface area contributed by atoms with Gasteiger partial charge in [-0.15, -0.1) is 0 Å². The summed E-state index contributed by atoms with van der Waals surface area (Å²) in [5, 5.41) is 0.685. The smallest absolute Gasteiger partial charge is 0.260 e. The second kappa shape index (κ2) is 8.80. The molecular formula is C22H26FN3OS. The molecule has 3 rings (SSSR count). The Morgan fingerprint density at radius 1 is 1.04 bits per heavy atom. The number of carbonyl (C=O) groups is 1. The number of aryl methyl sites for hydroxylation is 2. The average molecular weight is 400 g/mol. The van der Waals surface area contributed by atoms with Crippen molar-refractivity contribution >= 4 is 32.6 Å². The van der Waals surface area contributed by atoms with E-state index in [0.29, 0.717) is 17.2 Å². The van der Waals surface area contributed by atoms with Gasteiger partial charge in [-0.25, -0.2) is 9.37 Å². The predicted octanol–water partition coefficient (Wildman–Crippen LogP) is 5.04. The van der Waals surface area contributed by atoms with Crippen LogP contribution in [-0.4, -0.2) is 42.0 Å². The Morgan fingerprint density at radius 2 is 1.71 bits per heavy atom. The highest BCUT2D eigenvalue weighted by molar-refractivity contribution is 7.22. The molecule has 0 aliphatic rings. The Balaban J connectivity index is 1.98. The number of fused-ring (bicyclic) bond motifs is 1. The van der Waals surface area contributed by atoms with Crippen molar-refractivity contribution in [1.82, 2.24) is 9.88 Å². The second-order valence-electron chi connectivity index (χ2n) is 6.84. The number of rotatable bonds is 7. The topological polar surface area (TPSA) is 36.4 Å². The van der Waals surface area contributed by atoms with Gasteiger partial charge in [-0.3, -0.25) is 9.69 Å². The number of likely N-dealkylation sites (N-methyl/N-ethyl adjacent to an activating group) is 1. The van der Waals surface area contributed by atoms with Crippen LogP contribution in [0.3, 0.4) is 0 Å². The van der Waals surface area contributed by atoms with Crippen molar-refractivity contribution in [1.29, 1.82) is 0 Å². The lowest BCUT2D eigenvalue weighted by molar-refractivity contribution is 0.0983. The van der Waals surface area contributed by atoms with Crippen LogP contribution in [0.4, 0.5) is 9.52 Å². The molecule has 0 unspecified atom stereocenters. The third kappa shape index (κ3) is 4.23. The first-order valence-corrected chi connectivity index (χ1v) is 10.4. The quantitative estimate of drug-likeness (QED) is 0.558. The highest BCUT2D eigenvalue weighted by Crippen LogP contribution is 2.32. The summed E-state index contributed by atoms with van der Waals surface area (Å²) in [4.78, 5) is 22.0. The van der Waals surface area contributed by atoms with E-state index in [1.54, 1.807) is 4.90 Å². The van der Waals surface area contributed by atoms with Crippen LogP contribution in [0.15, 0.2) is 36.4 Å². The van der Waals surface area contributed by atoms with E-state index in [2.05, 4.69) is 44.7 Å². The summed E-state index contributed by atoms with van der Waals surface area (Å²) in [6.45, 7) is 11.5. The number of halogens is 1. The molecule has 1 heterocycles. The normalized spacial score (nSPS) is 11.4. The summed E-state index contributed by atoms with van der Waals surface area (Å²) >= 11 is 1.52. The molecule has 28 heavy (non-hydrogen) atoms. The van der Waals surface area contributed by atoms with E-state index in [0.717, 1.165) is 35.4 Å². The second-order valence-corrected chi connectivity index (χ2v) is 7.85. The van der Waals surface area contributed by atoms with Crippen LogP contribution in [0.5, 0.6) is 0 Å². The van der Waals surface area contributed by atoms with Gasteiger partial charge in [0.2, 0.25) is 0 Å². The number of thiazole rings is 1. The van der Waals surface area contributed by atoms with Gasteiger partial charge in [0.25, 0.3) is 5.91 Å². The molecule has 3 aromatic rings. The lowest BCUT2D eigenvalue weighted by Crippen LogP contribution is -2.38. The van der Waals surface area contributed by atoms with Crippen LogP contribution in [0.2, 0.25) is 0 Å². The summed E-state index contributed by atoms with van der Waals surface area (Å²) in [6.07, 6.45) is 0. The molecule has 1 amide bonds. The standard InChI is InChI=1S/C22H26FN3OS/c1-5-25(6-2)13-14-26(21(27)17-8-10-18(23)11-9-17)22-24-20-16(4)15(3)7-12-19(20)28-22/h7-12H,5-6,13-14H2,1-4H3. The molecule has 0 aliphatic carbocycles. The Hall–Kier alpha value is -2.31. The third-order valence-electron chi connectivity index (χ3n) is 5.17. The lowest BCUT2D eigenvalue weighted by atomic mass is 10.1. The van der Waals surface area contributed by atoms with Gasteiger partial charge in [-0.1, -0.05) is 31.3 Å². The third-order valence-corrected chi connectivity index (χ3v) is 6.22. The number of anilines is 1. The minimum Gasteiger partial charge on any atom is -0.302 e. The zero-order valence-electron chi connectivity index (χ0n) is 16.8. The van der Waals surface area contributed by atoms with E-state index in [4.69, 9.17) is 4.98 Å². The Bertz CT molecular complexity index is 964. The molecule has 0 aliphatic heterocycles. The number of benzene rings is 2. The van der Waals surface area contributed by atoms with Crippen molar-refractivity contribution in [2.75, 3.05) is 31.1 Å². The molecular weight excluding hydrogens is 373 g/mol. The summed E-state index contributed by atoms with van der Waals surface area (Å²) in [5.41, 5.74) is 3.73. The Labute approximate surface area is 169 Å². The fraction of sp³-hybridized carbons (Fsp3) is 0.364. The highest BCUT2D eigenvalue weighted by Gasteiger charge is 2.22. The molecule has 2 aromatic carbocycles. The number of aromatic nitrogens is 1. The van der Waals surface area contributed by atoms with E-state index in [1.807, 2.05) is 0 Å². The van der Waals surface area contributed by atoms with E-state index in [9.17, 15) is 9.18 Å². The largest absolute Gasteiger partial charge is 0.302 e. The van der Waals surface area contributed by atoms with E-state index < -0.39 is 0 Å². The number of hydrogen-bond donors (Lipinski definition) is 0. The summed E-state index contributed by atoms with van der Waals surface area (Å²) < 4.78 is 14.4. The first-order chi connectivity index (χ1) is 13.4. The zero-order valence-corrected chi connectivity index (χ0v) is 17.6. The van der Waals surface area contributed by atoms with Crippen LogP contribution in [0.25, 0.3) is 10.2 Å². The SMILES string of the molecule is CCN(CC)CCN(C(=O)c1ccc(F)cc1)c1nc2c(C)c(C)ccc2s1. The maximum Gasteiger partial charge on any atom is 0.260 e. The van der Waals surface area contributed by atoms with Gasteiger partial charge in [0.05, 0.1) is 10.2 Å². The maximum atomic E-state index is 13.3. The lowest BCUT2D eigenvalue weighted by Gasteiger charge is -2.24. The molecule has 0 saturated heterocycles. The van der Waals surface area contributed by atoms with Gasteiger partial charge in [-0.05, 0) is 68.4 Å². The van der Waals surface area contributed by atoms with Gasteiger partial charge >= 0.3 is 0 Å². The summed E-state index contributed by atoms with van der Waals surface area (Å²) in [7, 11) is 0. The van der Waals surface area contributed by atoms with Crippen molar-refractivity contribution in [2.45, 2.75) is 27.7 Å². The molecule has 6 heteroatoms. The molecule has 0 N–H and O–H groups in total. The van der Waals surface area contributed by atoms with Crippen molar-refractivity contribution in [3.8, 4) is 0 Å². The molecule has 0 bridgehead atoms. The summed E-state index contributed by atoms with van der Waals surface area (Å²) in [6, 6.07) is 9.85. The number of carbonyl (C=O) groups excluding carboxylic acids is 1. The molecule has 0 fully saturated rings. The van der Waals surface area contributed by atoms with Crippen molar-refractivity contribution in [3.05, 3.63) is 58.9 Å². The maximum absolute atomic E-state index is 13.3. The van der Waals surface area contributed by atoms with Crippen molar-refractivity contribution < 1.29 is 9.18 Å². The highest BCUT2D eigenvalue weighted by atomic mass is 32.1.